The molecule has 1 aromatic carbocycles. The molecule has 0 aromatic heterocycles. The molecule has 74 valence electrons. The summed E-state index contributed by atoms with van der Waals surface area (Å²) in [6.45, 7) is 1.26. The molecule has 14 heavy (non-hydrogen) atoms. The minimum absolute atomic E-state index is 0.279. The van der Waals surface area contributed by atoms with Crippen LogP contribution in [0.4, 0.5) is 5.69 Å². The Morgan fingerprint density at radius 1 is 1.43 bits per heavy atom. The van der Waals surface area contributed by atoms with Gasteiger partial charge < -0.3 is 4.90 Å². The number of hydrogen-bond acceptors (Lipinski definition) is 2. The van der Waals surface area contributed by atoms with Crippen LogP contribution in [-0.2, 0) is 4.79 Å². The number of hydrogen-bond donors (Lipinski definition) is 0. The van der Waals surface area contributed by atoms with E-state index in [1.165, 1.54) is 0 Å². The number of halogens is 2. The number of carbonyl (C=O) groups is 1. The summed E-state index contributed by atoms with van der Waals surface area (Å²) in [4.78, 5) is 13.1. The summed E-state index contributed by atoms with van der Waals surface area (Å²) in [6, 6.07) is 5.68. The van der Waals surface area contributed by atoms with Gasteiger partial charge >= 0.3 is 0 Å². The van der Waals surface area contributed by atoms with Crippen molar-refractivity contribution >= 4 is 39.0 Å². The van der Waals surface area contributed by atoms with E-state index in [-0.39, 0.29) is 5.78 Å². The van der Waals surface area contributed by atoms with Crippen LogP contribution in [0.5, 0.6) is 0 Å². The first-order valence-electron chi connectivity index (χ1n) is 4.38. The Hall–Kier alpha value is -0.540. The van der Waals surface area contributed by atoms with Gasteiger partial charge in [0.2, 0.25) is 0 Å². The summed E-state index contributed by atoms with van der Waals surface area (Å²) in [5, 5.41) is 0.697. The van der Waals surface area contributed by atoms with Crippen molar-refractivity contribution in [1.29, 1.82) is 0 Å². The fourth-order valence-electron chi connectivity index (χ4n) is 1.56. The van der Waals surface area contributed by atoms with E-state index in [4.69, 9.17) is 11.6 Å². The van der Waals surface area contributed by atoms with Crippen molar-refractivity contribution in [1.82, 2.24) is 0 Å². The molecule has 0 N–H and O–H groups in total. The molecule has 2 rings (SSSR count). The molecule has 0 aliphatic carbocycles. The lowest BCUT2D eigenvalue weighted by atomic mass is 10.3. The van der Waals surface area contributed by atoms with Gasteiger partial charge in [-0.3, -0.25) is 4.79 Å². The Bertz CT molecular complexity index is 380. The molecule has 4 heteroatoms. The molecule has 1 aliphatic rings. The summed E-state index contributed by atoms with van der Waals surface area (Å²) >= 11 is 9.44. The summed E-state index contributed by atoms with van der Waals surface area (Å²) in [6.07, 6.45) is 0.628. The number of benzene rings is 1. The van der Waals surface area contributed by atoms with Crippen LogP contribution in [0.25, 0.3) is 0 Å². The van der Waals surface area contributed by atoms with E-state index in [0.717, 1.165) is 16.7 Å². The molecule has 0 unspecified atom stereocenters. The van der Waals surface area contributed by atoms with Gasteiger partial charge in [0.05, 0.1) is 17.3 Å². The Balaban J connectivity index is 2.31. The van der Waals surface area contributed by atoms with Crippen LogP contribution in [0, 0.1) is 0 Å². The third kappa shape index (κ3) is 1.93. The van der Waals surface area contributed by atoms with Crippen LogP contribution in [0.15, 0.2) is 22.7 Å². The van der Waals surface area contributed by atoms with Crippen LogP contribution < -0.4 is 4.90 Å². The van der Waals surface area contributed by atoms with Gasteiger partial charge in [0.25, 0.3) is 0 Å². The molecule has 0 atom stereocenters. The van der Waals surface area contributed by atoms with Gasteiger partial charge in [0, 0.05) is 17.4 Å². The first kappa shape index (κ1) is 9.99. The number of Topliss-reactive ketones (excluding diaryl/α,β-unsaturated/α-hetero) is 1. The van der Waals surface area contributed by atoms with E-state index < -0.39 is 0 Å². The van der Waals surface area contributed by atoms with Gasteiger partial charge in [-0.15, -0.1) is 0 Å². The third-order valence-corrected chi connectivity index (χ3v) is 3.09. The number of nitrogens with zero attached hydrogens (tertiary/aromatic N) is 1. The van der Waals surface area contributed by atoms with Crippen LogP contribution in [-0.4, -0.2) is 18.9 Å². The van der Waals surface area contributed by atoms with Gasteiger partial charge in [-0.25, -0.2) is 0 Å². The van der Waals surface area contributed by atoms with Gasteiger partial charge in [0.1, 0.15) is 0 Å². The van der Waals surface area contributed by atoms with Crippen molar-refractivity contribution in [3.63, 3.8) is 0 Å². The largest absolute Gasteiger partial charge is 0.363 e. The maximum Gasteiger partial charge on any atom is 0.153 e. The van der Waals surface area contributed by atoms with E-state index in [9.17, 15) is 4.79 Å². The molecule has 1 aliphatic heterocycles. The number of anilines is 1. The Labute approximate surface area is 96.0 Å². The minimum Gasteiger partial charge on any atom is -0.363 e. The van der Waals surface area contributed by atoms with Crippen molar-refractivity contribution in [2.75, 3.05) is 18.0 Å². The third-order valence-electron chi connectivity index (χ3n) is 2.28. The molecule has 1 fully saturated rings. The first-order valence-corrected chi connectivity index (χ1v) is 5.55. The fourth-order valence-corrected chi connectivity index (χ4v) is 2.15. The fraction of sp³-hybridized carbons (Fsp3) is 0.300. The average molecular weight is 275 g/mol. The molecule has 1 aromatic rings. The molecular formula is C10H9BrClNO. The first-order chi connectivity index (χ1) is 6.66. The highest BCUT2D eigenvalue weighted by Crippen LogP contribution is 2.30. The van der Waals surface area contributed by atoms with Gasteiger partial charge in [0.15, 0.2) is 5.78 Å². The Morgan fingerprint density at radius 3 is 2.86 bits per heavy atom. The maximum atomic E-state index is 11.1. The molecular weight excluding hydrogens is 265 g/mol. The maximum absolute atomic E-state index is 11.1. The second kappa shape index (κ2) is 3.91. The van der Waals surface area contributed by atoms with E-state index in [0.29, 0.717) is 18.0 Å². The van der Waals surface area contributed by atoms with Crippen LogP contribution in [0.2, 0.25) is 5.02 Å². The van der Waals surface area contributed by atoms with Crippen molar-refractivity contribution in [2.24, 2.45) is 0 Å². The van der Waals surface area contributed by atoms with Crippen molar-refractivity contribution in [2.45, 2.75) is 6.42 Å². The van der Waals surface area contributed by atoms with E-state index in [2.05, 4.69) is 15.9 Å². The highest BCUT2D eigenvalue weighted by Gasteiger charge is 2.21. The topological polar surface area (TPSA) is 20.3 Å². The van der Waals surface area contributed by atoms with E-state index >= 15 is 0 Å². The minimum atomic E-state index is 0.279. The molecule has 0 amide bonds. The molecule has 1 heterocycles. The zero-order valence-electron chi connectivity index (χ0n) is 7.46. The highest BCUT2D eigenvalue weighted by atomic mass is 79.9. The molecule has 0 spiro atoms. The zero-order chi connectivity index (χ0) is 10.1. The van der Waals surface area contributed by atoms with Crippen LogP contribution in [0.3, 0.4) is 0 Å². The predicted molar refractivity (Wildman–Crippen MR) is 61.0 cm³/mol. The second-order valence-corrected chi connectivity index (χ2v) is 4.63. The Kier molecular flexibility index (Phi) is 2.79. The molecule has 0 saturated carbocycles. The molecule has 0 radical (unpaired) electrons. The quantitative estimate of drug-likeness (QED) is 0.785. The standard InChI is InChI=1S/C10H9BrClNO/c11-7-1-2-9(12)10(5-7)13-4-3-8(14)6-13/h1-2,5H,3-4,6H2. The summed E-state index contributed by atoms with van der Waals surface area (Å²) < 4.78 is 0.983. The van der Waals surface area contributed by atoms with E-state index in [1.54, 1.807) is 0 Å². The number of rotatable bonds is 1. The normalized spacial score (nSPS) is 16.4. The van der Waals surface area contributed by atoms with Gasteiger partial charge in [-0.2, -0.15) is 0 Å². The summed E-state index contributed by atoms with van der Waals surface area (Å²) in [5.74, 6) is 0.279. The lowest BCUT2D eigenvalue weighted by Gasteiger charge is -2.18. The summed E-state index contributed by atoms with van der Waals surface area (Å²) in [7, 11) is 0. The SMILES string of the molecule is O=C1CCN(c2cc(Br)ccc2Cl)C1. The van der Waals surface area contributed by atoms with Crippen LogP contribution >= 0.6 is 27.5 Å². The number of ketones is 1. The molecule has 2 nitrogen and oxygen atoms in total. The highest BCUT2D eigenvalue weighted by molar-refractivity contribution is 9.10. The second-order valence-electron chi connectivity index (χ2n) is 3.31. The van der Waals surface area contributed by atoms with Crippen molar-refractivity contribution < 1.29 is 4.79 Å². The smallest absolute Gasteiger partial charge is 0.153 e. The average Bonchev–Trinajstić information content (AvgIpc) is 2.56. The molecule has 0 bridgehead atoms. The monoisotopic (exact) mass is 273 g/mol. The van der Waals surface area contributed by atoms with Crippen LogP contribution in [0.1, 0.15) is 6.42 Å². The summed E-state index contributed by atoms with van der Waals surface area (Å²) in [5.41, 5.74) is 0.937. The lowest BCUT2D eigenvalue weighted by Crippen LogP contribution is -2.19. The predicted octanol–water partition coefficient (Wildman–Crippen LogP) is 2.88. The molecule has 1 saturated heterocycles. The Morgan fingerprint density at radius 2 is 2.21 bits per heavy atom. The lowest BCUT2D eigenvalue weighted by molar-refractivity contribution is -0.116. The number of carbonyl (C=O) groups excluding carboxylic acids is 1. The van der Waals surface area contributed by atoms with Crippen molar-refractivity contribution in [3.05, 3.63) is 27.7 Å². The van der Waals surface area contributed by atoms with Gasteiger partial charge in [-0.1, -0.05) is 27.5 Å². The van der Waals surface area contributed by atoms with E-state index in [1.807, 2.05) is 23.1 Å². The zero-order valence-corrected chi connectivity index (χ0v) is 9.81. The van der Waals surface area contributed by atoms with Gasteiger partial charge in [-0.05, 0) is 18.2 Å². The van der Waals surface area contributed by atoms with Crippen molar-refractivity contribution in [3.8, 4) is 0 Å².